The minimum atomic E-state index is -0.463. The molecule has 6 heteroatoms. The van der Waals surface area contributed by atoms with Crippen LogP contribution in [-0.2, 0) is 23.9 Å². The third-order valence-corrected chi connectivity index (χ3v) is 9.85. The lowest BCUT2D eigenvalue weighted by molar-refractivity contribution is -0.182. The van der Waals surface area contributed by atoms with Gasteiger partial charge in [-0.2, -0.15) is 0 Å². The van der Waals surface area contributed by atoms with Gasteiger partial charge in [-0.1, -0.05) is 18.5 Å². The van der Waals surface area contributed by atoms with E-state index in [9.17, 15) is 9.59 Å². The number of nitrogens with zero attached hydrogens (tertiary/aromatic N) is 1. The summed E-state index contributed by atoms with van der Waals surface area (Å²) in [6.45, 7) is 4.53. The number of ether oxygens (including phenoxy) is 2. The largest absolute Gasteiger partial charge is 0.462 e. The third kappa shape index (κ3) is 2.00. The number of carbonyl (C=O) groups is 2. The van der Waals surface area contributed by atoms with Crippen LogP contribution in [0.3, 0.4) is 0 Å². The van der Waals surface area contributed by atoms with Crippen LogP contribution in [0, 0.1) is 46.3 Å². The average Bonchev–Trinajstić information content (AvgIpc) is 3.52. The van der Waals surface area contributed by atoms with E-state index in [2.05, 4.69) is 12.1 Å². The minimum absolute atomic E-state index is 0.0791. The first-order valence-corrected chi connectivity index (χ1v) is 11.4. The predicted molar refractivity (Wildman–Crippen MR) is 104 cm³/mol. The van der Waals surface area contributed by atoms with Crippen LogP contribution in [0.4, 0.5) is 0 Å². The van der Waals surface area contributed by atoms with Crippen LogP contribution in [0.1, 0.15) is 52.4 Å². The summed E-state index contributed by atoms with van der Waals surface area (Å²) in [4.78, 5) is 31.7. The Bertz CT molecular complexity index is 805. The van der Waals surface area contributed by atoms with Crippen LogP contribution in [0.5, 0.6) is 0 Å². The highest BCUT2D eigenvalue weighted by molar-refractivity contribution is 6.06. The molecule has 158 valence electrons. The van der Waals surface area contributed by atoms with Gasteiger partial charge in [0.05, 0.1) is 23.8 Å². The Balaban J connectivity index is 1.56. The molecule has 7 aliphatic rings. The normalized spacial score (nSPS) is 55.6. The number of esters is 1. The van der Waals surface area contributed by atoms with Crippen molar-refractivity contribution in [1.29, 1.82) is 0 Å². The molecule has 0 N–H and O–H groups in total. The molecule has 6 unspecified atom stereocenters. The van der Waals surface area contributed by atoms with Crippen molar-refractivity contribution in [3.05, 3.63) is 0 Å². The highest BCUT2D eigenvalue weighted by Gasteiger charge is 2.82. The van der Waals surface area contributed by atoms with Crippen molar-refractivity contribution in [2.24, 2.45) is 51.5 Å². The molecule has 1 aliphatic heterocycles. The number of carbonyl (C=O) groups excluding carboxylic acids is 2. The van der Waals surface area contributed by atoms with Crippen molar-refractivity contribution in [2.45, 2.75) is 64.6 Å². The van der Waals surface area contributed by atoms with Crippen molar-refractivity contribution in [2.75, 3.05) is 13.7 Å². The van der Waals surface area contributed by atoms with Gasteiger partial charge in [0.15, 0.2) is 0 Å². The summed E-state index contributed by atoms with van der Waals surface area (Å²) in [6.07, 6.45) is 5.95. The fourth-order valence-electron chi connectivity index (χ4n) is 9.09. The number of oxime groups is 1. The lowest BCUT2D eigenvalue weighted by Gasteiger charge is -2.63. The number of hydrogen-bond acceptors (Lipinski definition) is 6. The van der Waals surface area contributed by atoms with Crippen molar-refractivity contribution < 1.29 is 23.9 Å². The van der Waals surface area contributed by atoms with Crippen LogP contribution < -0.4 is 0 Å². The Kier molecular flexibility index (Phi) is 3.69. The smallest absolute Gasteiger partial charge is 0.302 e. The highest BCUT2D eigenvalue weighted by Crippen LogP contribution is 2.78. The highest BCUT2D eigenvalue weighted by atomic mass is 16.6. The van der Waals surface area contributed by atoms with Crippen LogP contribution >= 0.6 is 0 Å². The molecule has 0 radical (unpaired) electrons. The van der Waals surface area contributed by atoms with Gasteiger partial charge in [0.1, 0.15) is 19.0 Å². The van der Waals surface area contributed by atoms with E-state index in [0.717, 1.165) is 50.8 Å². The fraction of sp³-hybridized carbons (Fsp3) is 0.870. The zero-order valence-electron chi connectivity index (χ0n) is 17.6. The lowest BCUT2D eigenvalue weighted by Crippen LogP contribution is -2.67. The van der Waals surface area contributed by atoms with E-state index in [0.29, 0.717) is 23.7 Å². The second-order valence-corrected chi connectivity index (χ2v) is 10.5. The summed E-state index contributed by atoms with van der Waals surface area (Å²) in [5.74, 6) is 1.76. The van der Waals surface area contributed by atoms with Gasteiger partial charge in [-0.15, -0.1) is 0 Å². The van der Waals surface area contributed by atoms with Gasteiger partial charge < -0.3 is 14.3 Å². The summed E-state index contributed by atoms with van der Waals surface area (Å²) in [7, 11) is 1.59. The quantitative estimate of drug-likeness (QED) is 0.413. The maximum Gasteiger partial charge on any atom is 0.302 e. The molecule has 0 aromatic heterocycles. The number of Topliss-reactive ketones (excluding diaryl/α,β-unsaturated/α-hetero) is 1. The van der Waals surface area contributed by atoms with Crippen molar-refractivity contribution >= 4 is 17.5 Å². The molecule has 0 aromatic rings. The van der Waals surface area contributed by atoms with Crippen molar-refractivity contribution in [3.8, 4) is 0 Å². The summed E-state index contributed by atoms with van der Waals surface area (Å²) in [5, 5.41) is 4.54. The third-order valence-electron chi connectivity index (χ3n) is 9.85. The number of rotatable bonds is 3. The molecular weight excluding hydrogens is 370 g/mol. The molecule has 0 aromatic carbocycles. The molecule has 10 atom stereocenters. The molecule has 29 heavy (non-hydrogen) atoms. The number of fused-ring (bicyclic) bond motifs is 1. The SMILES string of the molecule is CO/N=C1/[C@@H](C)C2CC3C(=O)C45CCCC(C6CO6)[C@H]4C[C@H](OC(C)=O)[C@@]13C5C2. The number of epoxide rings is 1. The van der Waals surface area contributed by atoms with Gasteiger partial charge in [-0.25, -0.2) is 0 Å². The molecule has 1 heterocycles. The molecule has 7 rings (SSSR count). The van der Waals surface area contributed by atoms with Crippen molar-refractivity contribution in [3.63, 3.8) is 0 Å². The summed E-state index contributed by atoms with van der Waals surface area (Å²) in [6, 6.07) is 0. The van der Waals surface area contributed by atoms with E-state index in [-0.39, 0.29) is 41.2 Å². The molecule has 6 aliphatic carbocycles. The van der Waals surface area contributed by atoms with Gasteiger partial charge in [0, 0.05) is 24.2 Å². The van der Waals surface area contributed by atoms with E-state index >= 15 is 0 Å². The minimum Gasteiger partial charge on any atom is -0.462 e. The van der Waals surface area contributed by atoms with E-state index in [1.165, 1.54) is 6.92 Å². The topological polar surface area (TPSA) is 77.5 Å². The lowest BCUT2D eigenvalue weighted by atomic mass is 9.40. The Hall–Kier alpha value is -1.43. The summed E-state index contributed by atoms with van der Waals surface area (Å²) >= 11 is 0. The first-order valence-electron chi connectivity index (χ1n) is 11.4. The second kappa shape index (κ2) is 5.83. The predicted octanol–water partition coefficient (Wildman–Crippen LogP) is 2.99. The fourth-order valence-corrected chi connectivity index (χ4v) is 9.09. The van der Waals surface area contributed by atoms with Gasteiger partial charge >= 0.3 is 5.97 Å². The van der Waals surface area contributed by atoms with Gasteiger partial charge in [0.2, 0.25) is 0 Å². The molecule has 6 nitrogen and oxygen atoms in total. The molecule has 0 amide bonds. The second-order valence-electron chi connectivity index (χ2n) is 10.5. The molecule has 2 spiro atoms. The molecule has 5 bridgehead atoms. The Morgan fingerprint density at radius 3 is 2.76 bits per heavy atom. The Labute approximate surface area is 171 Å². The van der Waals surface area contributed by atoms with Crippen LogP contribution in [-0.4, -0.2) is 43.4 Å². The zero-order valence-corrected chi connectivity index (χ0v) is 17.6. The first kappa shape index (κ1) is 18.3. The Morgan fingerprint density at radius 1 is 1.28 bits per heavy atom. The summed E-state index contributed by atoms with van der Waals surface area (Å²) < 4.78 is 11.8. The molecular formula is C23H31NO5. The van der Waals surface area contributed by atoms with Crippen molar-refractivity contribution in [1.82, 2.24) is 0 Å². The average molecular weight is 402 g/mol. The number of hydrogen-bond donors (Lipinski definition) is 0. The van der Waals surface area contributed by atoms with E-state index in [4.69, 9.17) is 14.3 Å². The van der Waals surface area contributed by atoms with E-state index in [1.54, 1.807) is 7.11 Å². The van der Waals surface area contributed by atoms with Crippen LogP contribution in [0.25, 0.3) is 0 Å². The monoisotopic (exact) mass is 401 g/mol. The molecule has 1 saturated heterocycles. The Morgan fingerprint density at radius 2 is 2.07 bits per heavy atom. The molecule has 7 fully saturated rings. The number of ketones is 1. The van der Waals surface area contributed by atoms with Crippen LogP contribution in [0.15, 0.2) is 5.16 Å². The van der Waals surface area contributed by atoms with Gasteiger partial charge in [-0.05, 0) is 55.8 Å². The zero-order chi connectivity index (χ0) is 20.1. The van der Waals surface area contributed by atoms with Crippen LogP contribution in [0.2, 0.25) is 0 Å². The first-order chi connectivity index (χ1) is 14.0. The maximum atomic E-state index is 14.2. The molecule has 6 saturated carbocycles. The standard InChI is InChI=1S/C23H31NO5/c1-11-13-7-16-21(26)22-6-4-5-14(17-10-28-17)15(22)9-19(29-12(2)25)23(16,18(22)8-13)20(11)24-27-3/h11,13-19H,4-10H2,1-3H3/b24-20-/t11-,13?,14?,15+,16?,17?,18?,19-,22?,23+/m0/s1. The maximum absolute atomic E-state index is 14.2. The van der Waals surface area contributed by atoms with E-state index in [1.807, 2.05) is 0 Å². The van der Waals surface area contributed by atoms with Gasteiger partial charge in [-0.3, -0.25) is 9.59 Å². The summed E-state index contributed by atoms with van der Waals surface area (Å²) in [5.41, 5.74) is 0.257. The van der Waals surface area contributed by atoms with Gasteiger partial charge in [0.25, 0.3) is 0 Å². The van der Waals surface area contributed by atoms with E-state index < -0.39 is 5.41 Å².